The van der Waals surface area contributed by atoms with Crippen molar-refractivity contribution in [2.75, 3.05) is 37.7 Å². The maximum atomic E-state index is 12.9. The van der Waals surface area contributed by atoms with Crippen LogP contribution in [0.1, 0.15) is 29.8 Å². The molecule has 6 heterocycles. The van der Waals surface area contributed by atoms with E-state index in [1.165, 1.54) is 43.2 Å². The molecule has 1 aromatic carbocycles. The number of nitrogens with zero attached hydrogens (tertiary/aromatic N) is 3. The number of benzene rings is 1. The number of morpholine rings is 1. The van der Waals surface area contributed by atoms with Gasteiger partial charge in [-0.1, -0.05) is 0 Å². The number of aromatic nitrogens is 1. The van der Waals surface area contributed by atoms with E-state index < -0.39 is 0 Å². The van der Waals surface area contributed by atoms with E-state index in [4.69, 9.17) is 4.74 Å². The van der Waals surface area contributed by atoms with Gasteiger partial charge in [0.15, 0.2) is 0 Å². The summed E-state index contributed by atoms with van der Waals surface area (Å²) in [6.45, 7) is 5.16. The first kappa shape index (κ1) is 16.3. The zero-order valence-corrected chi connectivity index (χ0v) is 16.1. The molecule has 1 aromatic heterocycles. The van der Waals surface area contributed by atoms with Gasteiger partial charge >= 0.3 is 0 Å². The van der Waals surface area contributed by atoms with Crippen LogP contribution >= 0.6 is 11.5 Å². The maximum absolute atomic E-state index is 12.9. The number of rotatable bonds is 3. The third kappa shape index (κ3) is 2.67. The van der Waals surface area contributed by atoms with Gasteiger partial charge in [0, 0.05) is 30.2 Å². The molecule has 5 aliphatic heterocycles. The van der Waals surface area contributed by atoms with Crippen LogP contribution in [0.25, 0.3) is 10.1 Å². The Labute approximate surface area is 162 Å². The second kappa shape index (κ2) is 6.15. The maximum Gasteiger partial charge on any atom is 0.271 e. The monoisotopic (exact) mass is 384 g/mol. The molecule has 1 N–H and O–H groups in total. The average molecular weight is 385 g/mol. The largest absolute Gasteiger partial charge is 0.374 e. The van der Waals surface area contributed by atoms with Gasteiger partial charge < -0.3 is 19.9 Å². The smallest absolute Gasteiger partial charge is 0.271 e. The van der Waals surface area contributed by atoms with Crippen LogP contribution in [0.4, 0.5) is 5.69 Å². The molecule has 4 bridgehead atoms. The van der Waals surface area contributed by atoms with Crippen molar-refractivity contribution in [3.05, 3.63) is 23.9 Å². The van der Waals surface area contributed by atoms with Crippen molar-refractivity contribution in [3.63, 3.8) is 0 Å². The van der Waals surface area contributed by atoms with Crippen molar-refractivity contribution in [3.8, 4) is 0 Å². The molecule has 5 saturated heterocycles. The SMILES string of the molecule is O=C(N[C@@H]1CN2CCC1CC2)c1nsc2cc(N3CC4C[C@H]3CO4)ccc12. The fraction of sp³-hybridized carbons (Fsp3) is 0.600. The lowest BCUT2D eigenvalue weighted by Crippen LogP contribution is -2.57. The van der Waals surface area contributed by atoms with Crippen LogP contribution in [0.3, 0.4) is 0 Å². The van der Waals surface area contributed by atoms with Gasteiger partial charge in [0.05, 0.1) is 23.5 Å². The number of nitrogens with one attached hydrogen (secondary N) is 1. The zero-order chi connectivity index (χ0) is 18.0. The third-order valence-corrected chi connectivity index (χ3v) is 7.68. The topological polar surface area (TPSA) is 57.7 Å². The van der Waals surface area contributed by atoms with Gasteiger partial charge in [-0.25, -0.2) is 0 Å². The minimum atomic E-state index is -0.0126. The first-order valence-electron chi connectivity index (χ1n) is 10.1. The number of ether oxygens (including phenoxy) is 1. The van der Waals surface area contributed by atoms with Crippen LogP contribution < -0.4 is 10.2 Å². The minimum Gasteiger partial charge on any atom is -0.374 e. The summed E-state index contributed by atoms with van der Waals surface area (Å²) >= 11 is 1.43. The van der Waals surface area contributed by atoms with E-state index >= 15 is 0 Å². The van der Waals surface area contributed by atoms with Crippen molar-refractivity contribution in [2.45, 2.75) is 37.5 Å². The molecule has 142 valence electrons. The molecule has 0 saturated carbocycles. The summed E-state index contributed by atoms with van der Waals surface area (Å²) in [7, 11) is 0. The highest BCUT2D eigenvalue weighted by Crippen LogP contribution is 2.35. The Morgan fingerprint density at radius 3 is 2.85 bits per heavy atom. The molecular formula is C20H24N4O2S. The van der Waals surface area contributed by atoms with Crippen molar-refractivity contribution in [1.29, 1.82) is 0 Å². The fourth-order valence-electron chi connectivity index (χ4n) is 5.35. The van der Waals surface area contributed by atoms with Gasteiger partial charge in [0.2, 0.25) is 0 Å². The summed E-state index contributed by atoms with van der Waals surface area (Å²) in [5.74, 6) is 0.615. The summed E-state index contributed by atoms with van der Waals surface area (Å²) in [6, 6.07) is 7.18. The number of fused-ring (bicyclic) bond motifs is 6. The number of carbonyl (C=O) groups excluding carboxylic acids is 1. The first-order chi connectivity index (χ1) is 13.2. The van der Waals surface area contributed by atoms with Crippen LogP contribution in [0, 0.1) is 5.92 Å². The van der Waals surface area contributed by atoms with Gasteiger partial charge in [-0.2, -0.15) is 4.37 Å². The second-order valence-electron chi connectivity index (χ2n) is 8.43. The minimum absolute atomic E-state index is 0.0126. The quantitative estimate of drug-likeness (QED) is 0.878. The standard InChI is InChI=1S/C20H24N4O2S/c25-20(21-17-10-23-5-3-12(17)4-6-23)19-16-2-1-13(8-18(16)27-22-19)24-9-15-7-14(24)11-26-15/h1-2,8,12,14-15,17H,3-7,9-11H2,(H,21,25)/t14-,15?,17+/m0/s1. The summed E-state index contributed by atoms with van der Waals surface area (Å²) in [5.41, 5.74) is 1.82. The summed E-state index contributed by atoms with van der Waals surface area (Å²) in [6.07, 6.45) is 3.92. The van der Waals surface area contributed by atoms with Crippen LogP contribution in [0.5, 0.6) is 0 Å². The van der Waals surface area contributed by atoms with Gasteiger partial charge in [-0.05, 0) is 68.0 Å². The molecule has 5 aliphatic rings. The molecule has 6 nitrogen and oxygen atoms in total. The van der Waals surface area contributed by atoms with E-state index in [1.807, 2.05) is 0 Å². The molecule has 1 amide bonds. The third-order valence-electron chi connectivity index (χ3n) is 6.88. The number of anilines is 1. The number of hydrogen-bond acceptors (Lipinski definition) is 6. The molecule has 0 spiro atoms. The highest BCUT2D eigenvalue weighted by atomic mass is 32.1. The Morgan fingerprint density at radius 1 is 1.26 bits per heavy atom. The van der Waals surface area contributed by atoms with Crippen LogP contribution in [-0.4, -0.2) is 66.2 Å². The Hall–Kier alpha value is -1.70. The van der Waals surface area contributed by atoms with Crippen molar-refractivity contribution >= 4 is 33.2 Å². The van der Waals surface area contributed by atoms with Crippen molar-refractivity contribution < 1.29 is 9.53 Å². The van der Waals surface area contributed by atoms with E-state index in [2.05, 4.69) is 37.7 Å². The molecular weight excluding hydrogens is 360 g/mol. The lowest BCUT2D eigenvalue weighted by molar-refractivity contribution is 0.0619. The molecule has 0 radical (unpaired) electrons. The number of piperidine rings is 3. The molecule has 7 heteroatoms. The summed E-state index contributed by atoms with van der Waals surface area (Å²) < 4.78 is 11.3. The van der Waals surface area contributed by atoms with E-state index in [0.717, 1.165) is 36.2 Å². The molecule has 3 atom stereocenters. The van der Waals surface area contributed by atoms with Crippen LogP contribution in [0.15, 0.2) is 18.2 Å². The molecule has 27 heavy (non-hydrogen) atoms. The molecule has 1 unspecified atom stereocenters. The predicted octanol–water partition coefficient (Wildman–Crippen LogP) is 2.10. The van der Waals surface area contributed by atoms with E-state index in [9.17, 15) is 4.79 Å². The van der Waals surface area contributed by atoms with Gasteiger partial charge in [0.25, 0.3) is 5.91 Å². The second-order valence-corrected chi connectivity index (χ2v) is 9.23. The molecule has 5 fully saturated rings. The number of carbonyl (C=O) groups is 1. The van der Waals surface area contributed by atoms with Crippen molar-refractivity contribution in [2.24, 2.45) is 5.92 Å². The Kier molecular flexibility index (Phi) is 3.71. The van der Waals surface area contributed by atoms with Crippen LogP contribution in [0.2, 0.25) is 0 Å². The average Bonchev–Trinajstić information content (AvgIpc) is 3.43. The normalized spacial score (nSPS) is 34.5. The Balaban J connectivity index is 1.23. The zero-order valence-electron chi connectivity index (χ0n) is 15.3. The molecule has 2 aromatic rings. The Bertz CT molecular complexity index is 891. The summed E-state index contributed by atoms with van der Waals surface area (Å²) in [4.78, 5) is 17.8. The van der Waals surface area contributed by atoms with Crippen LogP contribution in [-0.2, 0) is 4.74 Å². The number of hydrogen-bond donors (Lipinski definition) is 1. The highest BCUT2D eigenvalue weighted by Gasteiger charge is 2.39. The van der Waals surface area contributed by atoms with Gasteiger partial charge in [0.1, 0.15) is 5.69 Å². The predicted molar refractivity (Wildman–Crippen MR) is 106 cm³/mol. The van der Waals surface area contributed by atoms with Crippen molar-refractivity contribution in [1.82, 2.24) is 14.6 Å². The molecule has 7 rings (SSSR count). The Morgan fingerprint density at radius 2 is 2.15 bits per heavy atom. The lowest BCUT2D eigenvalue weighted by atomic mass is 9.84. The number of amides is 1. The lowest BCUT2D eigenvalue weighted by Gasteiger charge is -2.44. The van der Waals surface area contributed by atoms with Gasteiger partial charge in [-0.15, -0.1) is 0 Å². The van der Waals surface area contributed by atoms with E-state index in [1.54, 1.807) is 0 Å². The first-order valence-corrected chi connectivity index (χ1v) is 10.8. The highest BCUT2D eigenvalue weighted by molar-refractivity contribution is 7.13. The van der Waals surface area contributed by atoms with E-state index in [-0.39, 0.29) is 11.9 Å². The fourth-order valence-corrected chi connectivity index (χ4v) is 6.16. The summed E-state index contributed by atoms with van der Waals surface area (Å²) in [5, 5.41) is 4.25. The van der Waals surface area contributed by atoms with Gasteiger partial charge in [-0.3, -0.25) is 4.79 Å². The van der Waals surface area contributed by atoms with E-state index in [0.29, 0.717) is 23.8 Å². The molecule has 0 aliphatic carbocycles.